The molecule has 1 aliphatic heterocycles. The summed E-state index contributed by atoms with van der Waals surface area (Å²) in [6, 6.07) is 4.63. The minimum absolute atomic E-state index is 0.256. The summed E-state index contributed by atoms with van der Waals surface area (Å²) in [5, 5.41) is 19.4. The van der Waals surface area contributed by atoms with Gasteiger partial charge in [0.25, 0.3) is 0 Å². The van der Waals surface area contributed by atoms with E-state index in [-0.39, 0.29) is 18.7 Å². The van der Waals surface area contributed by atoms with Crippen molar-refractivity contribution >= 4 is 11.9 Å². The number of halogens is 1. The van der Waals surface area contributed by atoms with E-state index in [1.54, 1.807) is 6.92 Å². The molecule has 2 atom stereocenters. The van der Waals surface area contributed by atoms with Crippen LogP contribution in [0.1, 0.15) is 44.2 Å². The average molecular weight is 309 g/mol. The zero-order chi connectivity index (χ0) is 16.3. The Labute approximate surface area is 128 Å². The Hall–Kier alpha value is -1.95. The fourth-order valence-corrected chi connectivity index (χ4v) is 3.21. The first-order valence-corrected chi connectivity index (χ1v) is 7.38. The highest BCUT2D eigenvalue weighted by atomic mass is 19.1. The van der Waals surface area contributed by atoms with Crippen molar-refractivity contribution in [3.8, 4) is 0 Å². The smallest absolute Gasteiger partial charge is 0.329 e. The van der Waals surface area contributed by atoms with Crippen LogP contribution in [0.2, 0.25) is 0 Å². The lowest BCUT2D eigenvalue weighted by atomic mass is 9.81. The van der Waals surface area contributed by atoms with Gasteiger partial charge in [0.2, 0.25) is 5.91 Å². The molecule has 2 rings (SSSR count). The zero-order valence-electron chi connectivity index (χ0n) is 12.5. The van der Waals surface area contributed by atoms with Crippen LogP contribution >= 0.6 is 0 Å². The Balaban J connectivity index is 2.48. The Morgan fingerprint density at radius 1 is 1.41 bits per heavy atom. The number of benzene rings is 1. The van der Waals surface area contributed by atoms with Crippen molar-refractivity contribution in [3.63, 3.8) is 0 Å². The molecule has 5 nitrogen and oxygen atoms in total. The molecule has 0 aromatic heterocycles. The van der Waals surface area contributed by atoms with Crippen LogP contribution in [0, 0.1) is 5.82 Å². The van der Waals surface area contributed by atoms with Gasteiger partial charge < -0.3 is 15.1 Å². The lowest BCUT2D eigenvalue weighted by Gasteiger charge is -2.47. The van der Waals surface area contributed by atoms with E-state index in [0.717, 1.165) is 0 Å². The number of nitrogens with zero attached hydrogens (tertiary/aromatic N) is 1. The second kappa shape index (κ2) is 6.44. The van der Waals surface area contributed by atoms with E-state index in [1.165, 1.54) is 29.2 Å². The Morgan fingerprint density at radius 3 is 2.55 bits per heavy atom. The average Bonchev–Trinajstić information content (AvgIpc) is 2.51. The van der Waals surface area contributed by atoms with Gasteiger partial charge in [-0.2, -0.15) is 0 Å². The molecule has 1 unspecified atom stereocenters. The molecular formula is C16H20FNO4. The van der Waals surface area contributed by atoms with Crippen LogP contribution < -0.4 is 0 Å². The number of aliphatic carboxylic acids is 1. The van der Waals surface area contributed by atoms with Gasteiger partial charge in [-0.05, 0) is 37.0 Å². The van der Waals surface area contributed by atoms with Crippen molar-refractivity contribution in [3.05, 3.63) is 35.6 Å². The van der Waals surface area contributed by atoms with Crippen molar-refractivity contribution in [2.24, 2.45) is 0 Å². The SMILES string of the molecule is CCC1(C(=O)O)CCCC(=O)N1[C@@H](CO)c1ccc(F)cc1. The molecule has 1 fully saturated rings. The Kier molecular flexibility index (Phi) is 4.81. The lowest BCUT2D eigenvalue weighted by Crippen LogP contribution is -2.60. The second-order valence-corrected chi connectivity index (χ2v) is 5.56. The highest BCUT2D eigenvalue weighted by Gasteiger charge is 2.50. The molecule has 6 heteroatoms. The van der Waals surface area contributed by atoms with E-state index < -0.39 is 30.0 Å². The number of rotatable bonds is 5. The summed E-state index contributed by atoms with van der Waals surface area (Å²) in [5.74, 6) is -1.78. The number of piperidine rings is 1. The standard InChI is InChI=1S/C16H20FNO4/c1-2-16(15(21)22)9-3-4-14(20)18(16)13(10-19)11-5-7-12(17)8-6-11/h5-8,13,19H,2-4,9-10H2,1H3,(H,21,22)/t13-,16?/m0/s1. The summed E-state index contributed by atoms with van der Waals surface area (Å²) in [7, 11) is 0. The number of hydrogen-bond acceptors (Lipinski definition) is 3. The van der Waals surface area contributed by atoms with Gasteiger partial charge in [-0.1, -0.05) is 19.1 Å². The first-order valence-electron chi connectivity index (χ1n) is 7.38. The summed E-state index contributed by atoms with van der Waals surface area (Å²) >= 11 is 0. The highest BCUT2D eigenvalue weighted by Crippen LogP contribution is 2.39. The number of carbonyl (C=O) groups excluding carboxylic acids is 1. The van der Waals surface area contributed by atoms with Crippen LogP contribution in [0.15, 0.2) is 24.3 Å². The molecule has 0 bridgehead atoms. The molecule has 0 radical (unpaired) electrons. The first kappa shape index (κ1) is 16.4. The normalized spacial score (nSPS) is 23.4. The summed E-state index contributed by atoms with van der Waals surface area (Å²) in [5.41, 5.74) is -0.796. The molecule has 1 aliphatic rings. The third-order valence-electron chi connectivity index (χ3n) is 4.43. The van der Waals surface area contributed by atoms with Crippen LogP contribution in [-0.4, -0.2) is 39.1 Å². The van der Waals surface area contributed by atoms with E-state index in [0.29, 0.717) is 18.4 Å². The molecule has 22 heavy (non-hydrogen) atoms. The maximum atomic E-state index is 13.1. The van der Waals surface area contributed by atoms with E-state index in [2.05, 4.69) is 0 Å². The molecule has 1 heterocycles. The molecular weight excluding hydrogens is 289 g/mol. The third kappa shape index (κ3) is 2.70. The van der Waals surface area contributed by atoms with Crippen LogP contribution in [0.3, 0.4) is 0 Å². The zero-order valence-corrected chi connectivity index (χ0v) is 12.5. The number of carboxylic acid groups (broad SMARTS) is 1. The van der Waals surface area contributed by atoms with Crippen LogP contribution in [0.25, 0.3) is 0 Å². The minimum Gasteiger partial charge on any atom is -0.479 e. The number of carbonyl (C=O) groups is 2. The van der Waals surface area contributed by atoms with Crippen molar-refractivity contribution in [2.75, 3.05) is 6.61 Å². The van der Waals surface area contributed by atoms with E-state index in [4.69, 9.17) is 0 Å². The first-order chi connectivity index (χ1) is 10.5. The molecule has 1 amide bonds. The molecule has 1 aromatic rings. The van der Waals surface area contributed by atoms with Crippen molar-refractivity contribution in [2.45, 2.75) is 44.2 Å². The largest absolute Gasteiger partial charge is 0.479 e. The van der Waals surface area contributed by atoms with E-state index >= 15 is 0 Å². The predicted molar refractivity (Wildman–Crippen MR) is 77.6 cm³/mol. The van der Waals surface area contributed by atoms with Crippen molar-refractivity contribution in [1.29, 1.82) is 0 Å². The van der Waals surface area contributed by atoms with Gasteiger partial charge in [-0.3, -0.25) is 4.79 Å². The van der Waals surface area contributed by atoms with Crippen LogP contribution in [0.5, 0.6) is 0 Å². The van der Waals surface area contributed by atoms with E-state index in [1.807, 2.05) is 0 Å². The molecule has 2 N–H and O–H groups in total. The summed E-state index contributed by atoms with van der Waals surface area (Å²) in [6.45, 7) is 1.31. The quantitative estimate of drug-likeness (QED) is 0.873. The fourth-order valence-electron chi connectivity index (χ4n) is 3.21. The number of aliphatic hydroxyl groups excluding tert-OH is 1. The van der Waals surface area contributed by atoms with Gasteiger partial charge in [-0.15, -0.1) is 0 Å². The Morgan fingerprint density at radius 2 is 2.05 bits per heavy atom. The second-order valence-electron chi connectivity index (χ2n) is 5.56. The van der Waals surface area contributed by atoms with Crippen LogP contribution in [-0.2, 0) is 9.59 Å². The highest BCUT2D eigenvalue weighted by molar-refractivity contribution is 5.88. The molecule has 120 valence electrons. The Bertz CT molecular complexity index is 560. The fraction of sp³-hybridized carbons (Fsp3) is 0.500. The molecule has 0 spiro atoms. The maximum Gasteiger partial charge on any atom is 0.329 e. The topological polar surface area (TPSA) is 77.8 Å². The van der Waals surface area contributed by atoms with Crippen molar-refractivity contribution in [1.82, 2.24) is 4.90 Å². The van der Waals surface area contributed by atoms with Gasteiger partial charge in [0.05, 0.1) is 12.6 Å². The van der Waals surface area contributed by atoms with Crippen molar-refractivity contribution < 1.29 is 24.2 Å². The van der Waals surface area contributed by atoms with Gasteiger partial charge in [0.1, 0.15) is 11.4 Å². The minimum atomic E-state index is -1.32. The maximum absolute atomic E-state index is 13.1. The molecule has 0 aliphatic carbocycles. The molecule has 1 saturated heterocycles. The third-order valence-corrected chi connectivity index (χ3v) is 4.43. The summed E-state index contributed by atoms with van der Waals surface area (Å²) in [4.78, 5) is 25.5. The summed E-state index contributed by atoms with van der Waals surface area (Å²) < 4.78 is 13.1. The number of hydrogen-bond donors (Lipinski definition) is 2. The van der Waals surface area contributed by atoms with Gasteiger partial charge in [0, 0.05) is 6.42 Å². The van der Waals surface area contributed by atoms with Crippen LogP contribution in [0.4, 0.5) is 4.39 Å². The predicted octanol–water partition coefficient (Wildman–Crippen LogP) is 2.10. The molecule has 1 aromatic carbocycles. The van der Waals surface area contributed by atoms with Gasteiger partial charge >= 0.3 is 5.97 Å². The molecule has 0 saturated carbocycles. The lowest BCUT2D eigenvalue weighted by molar-refractivity contribution is -0.169. The summed E-state index contributed by atoms with van der Waals surface area (Å²) in [6.07, 6.45) is 1.37. The number of amides is 1. The van der Waals surface area contributed by atoms with Gasteiger partial charge in [0.15, 0.2) is 0 Å². The van der Waals surface area contributed by atoms with Gasteiger partial charge in [-0.25, -0.2) is 9.18 Å². The number of aliphatic hydroxyl groups is 1. The van der Waals surface area contributed by atoms with E-state index in [9.17, 15) is 24.2 Å². The number of likely N-dealkylation sites (tertiary alicyclic amines) is 1. The monoisotopic (exact) mass is 309 g/mol. The number of carboxylic acids is 1.